The molecule has 0 fully saturated rings. The molecule has 3 nitrogen and oxygen atoms in total. The number of hydrogen-bond acceptors (Lipinski definition) is 0. The van der Waals surface area contributed by atoms with Gasteiger partial charge in [-0.25, -0.2) is 0 Å². The molecule has 0 aliphatic rings. The van der Waals surface area contributed by atoms with Crippen LogP contribution in [0.15, 0.2) is 72.8 Å². The number of benzene rings is 4. The zero-order chi connectivity index (χ0) is 17.5. The van der Waals surface area contributed by atoms with Gasteiger partial charge in [-0.15, -0.1) is 0 Å². The number of nitrogens with one attached hydrogen (secondary N) is 3. The van der Waals surface area contributed by atoms with Crippen molar-refractivity contribution >= 4 is 65.4 Å². The van der Waals surface area contributed by atoms with Crippen LogP contribution in [0.25, 0.3) is 65.4 Å². The SMILES string of the molecule is c1ccc2c(c1)[nH]c1cc3c(cc12)[nH]c1ccc2c4ccccc4[nH]c2c13. The fourth-order valence-corrected chi connectivity index (χ4v) is 4.66. The van der Waals surface area contributed by atoms with Crippen LogP contribution in [0.1, 0.15) is 0 Å². The minimum absolute atomic E-state index is 1.17. The van der Waals surface area contributed by atoms with Gasteiger partial charge in [-0.2, -0.15) is 0 Å². The van der Waals surface area contributed by atoms with Crippen LogP contribution in [-0.2, 0) is 0 Å². The average Bonchev–Trinajstić information content (AvgIpc) is 3.36. The molecule has 3 aromatic heterocycles. The van der Waals surface area contributed by atoms with E-state index in [1.165, 1.54) is 65.4 Å². The van der Waals surface area contributed by atoms with Gasteiger partial charge in [0.05, 0.1) is 5.52 Å². The van der Waals surface area contributed by atoms with E-state index in [-0.39, 0.29) is 0 Å². The molecule has 7 rings (SSSR count). The van der Waals surface area contributed by atoms with E-state index in [1.807, 2.05) is 0 Å². The van der Waals surface area contributed by atoms with E-state index < -0.39 is 0 Å². The highest BCUT2D eigenvalue weighted by atomic mass is 14.8. The van der Waals surface area contributed by atoms with E-state index in [4.69, 9.17) is 0 Å². The molecule has 0 saturated carbocycles. The number of rotatable bonds is 0. The maximum absolute atomic E-state index is 3.64. The predicted octanol–water partition coefficient (Wildman–Crippen LogP) is 6.59. The maximum atomic E-state index is 3.64. The normalized spacial score (nSPS) is 12.4. The van der Waals surface area contributed by atoms with Gasteiger partial charge < -0.3 is 15.0 Å². The van der Waals surface area contributed by atoms with Crippen LogP contribution in [0.3, 0.4) is 0 Å². The molecule has 0 spiro atoms. The molecular weight excluding hydrogens is 330 g/mol. The van der Waals surface area contributed by atoms with Gasteiger partial charge in [0.1, 0.15) is 0 Å². The number of hydrogen-bond donors (Lipinski definition) is 3. The van der Waals surface area contributed by atoms with Gasteiger partial charge in [-0.1, -0.05) is 42.5 Å². The smallest absolute Gasteiger partial charge is 0.0566 e. The second kappa shape index (κ2) is 4.51. The van der Waals surface area contributed by atoms with E-state index in [2.05, 4.69) is 87.7 Å². The predicted molar refractivity (Wildman–Crippen MR) is 115 cm³/mol. The van der Waals surface area contributed by atoms with Crippen molar-refractivity contribution in [3.63, 3.8) is 0 Å². The summed E-state index contributed by atoms with van der Waals surface area (Å²) in [6.45, 7) is 0. The third-order valence-electron chi connectivity index (χ3n) is 5.87. The number of aromatic nitrogens is 3. The van der Waals surface area contributed by atoms with Crippen LogP contribution in [0.4, 0.5) is 0 Å². The molecule has 126 valence electrons. The van der Waals surface area contributed by atoms with Gasteiger partial charge in [0.15, 0.2) is 0 Å². The lowest BCUT2D eigenvalue weighted by molar-refractivity contribution is 1.54. The van der Waals surface area contributed by atoms with Crippen molar-refractivity contribution in [2.75, 3.05) is 0 Å². The van der Waals surface area contributed by atoms with Crippen molar-refractivity contribution in [3.05, 3.63) is 72.8 Å². The zero-order valence-electron chi connectivity index (χ0n) is 14.4. The summed E-state index contributed by atoms with van der Waals surface area (Å²) in [7, 11) is 0. The fraction of sp³-hybridized carbons (Fsp3) is 0. The summed E-state index contributed by atoms with van der Waals surface area (Å²) in [4.78, 5) is 10.8. The molecule has 3 N–H and O–H groups in total. The Morgan fingerprint density at radius 1 is 0.407 bits per heavy atom. The van der Waals surface area contributed by atoms with Gasteiger partial charge in [-0.05, 0) is 30.3 Å². The molecule has 27 heavy (non-hydrogen) atoms. The molecule has 0 atom stereocenters. The lowest BCUT2D eigenvalue weighted by Crippen LogP contribution is -1.73. The van der Waals surface area contributed by atoms with Gasteiger partial charge >= 0.3 is 0 Å². The third kappa shape index (κ3) is 1.62. The molecule has 0 unspecified atom stereocenters. The Balaban J connectivity index is 1.72. The molecular formula is C24H15N3. The minimum atomic E-state index is 1.17. The van der Waals surface area contributed by atoms with E-state index >= 15 is 0 Å². The summed E-state index contributed by atoms with van der Waals surface area (Å²) in [5, 5.41) is 7.59. The van der Waals surface area contributed by atoms with E-state index in [9.17, 15) is 0 Å². The highest BCUT2D eigenvalue weighted by Gasteiger charge is 2.14. The first kappa shape index (κ1) is 13.5. The first-order chi connectivity index (χ1) is 13.4. The van der Waals surface area contributed by atoms with Crippen LogP contribution in [0, 0.1) is 0 Å². The minimum Gasteiger partial charge on any atom is -0.354 e. The van der Waals surface area contributed by atoms with Crippen LogP contribution < -0.4 is 0 Å². The summed E-state index contributed by atoms with van der Waals surface area (Å²) in [6, 6.07) is 26.0. The van der Waals surface area contributed by atoms with Crippen LogP contribution >= 0.6 is 0 Å². The molecule has 4 aromatic carbocycles. The molecule has 0 saturated heterocycles. The lowest BCUT2D eigenvalue weighted by Gasteiger charge is -1.96. The standard InChI is InChI=1S/C24H15N3/c1-4-8-19-13(5-1)15-9-10-20-23(24(15)27-19)17-12-21-16(11-22(17)26-20)14-6-2-3-7-18(14)25-21/h1-12,25-27H. The first-order valence-corrected chi connectivity index (χ1v) is 9.22. The highest BCUT2D eigenvalue weighted by molar-refractivity contribution is 6.26. The molecule has 0 amide bonds. The maximum Gasteiger partial charge on any atom is 0.0566 e. The Kier molecular flexibility index (Phi) is 2.25. The third-order valence-corrected chi connectivity index (χ3v) is 5.87. The van der Waals surface area contributed by atoms with Crippen LogP contribution in [0.5, 0.6) is 0 Å². The number of fused-ring (bicyclic) bond motifs is 10. The van der Waals surface area contributed by atoms with Crippen molar-refractivity contribution in [1.29, 1.82) is 0 Å². The van der Waals surface area contributed by atoms with E-state index in [0.717, 1.165) is 0 Å². The second-order valence-corrected chi connectivity index (χ2v) is 7.32. The Morgan fingerprint density at radius 3 is 1.89 bits per heavy atom. The van der Waals surface area contributed by atoms with Crippen molar-refractivity contribution < 1.29 is 0 Å². The summed E-state index contributed by atoms with van der Waals surface area (Å²) in [5.74, 6) is 0. The monoisotopic (exact) mass is 345 g/mol. The Hall–Kier alpha value is -3.72. The van der Waals surface area contributed by atoms with Crippen molar-refractivity contribution in [2.45, 2.75) is 0 Å². The Bertz CT molecular complexity index is 1670. The highest BCUT2D eigenvalue weighted by Crippen LogP contribution is 2.38. The van der Waals surface area contributed by atoms with E-state index in [0.29, 0.717) is 0 Å². The average molecular weight is 345 g/mol. The van der Waals surface area contributed by atoms with Gasteiger partial charge in [-0.3, -0.25) is 0 Å². The van der Waals surface area contributed by atoms with Crippen molar-refractivity contribution in [2.24, 2.45) is 0 Å². The van der Waals surface area contributed by atoms with Gasteiger partial charge in [0, 0.05) is 59.9 Å². The van der Waals surface area contributed by atoms with Crippen molar-refractivity contribution in [3.8, 4) is 0 Å². The molecule has 3 heteroatoms. The summed E-state index contributed by atoms with van der Waals surface area (Å²) < 4.78 is 0. The quantitative estimate of drug-likeness (QED) is 0.278. The Morgan fingerprint density at radius 2 is 1.04 bits per heavy atom. The molecule has 0 radical (unpaired) electrons. The molecule has 3 heterocycles. The summed E-state index contributed by atoms with van der Waals surface area (Å²) in [6.07, 6.45) is 0. The molecule has 0 bridgehead atoms. The van der Waals surface area contributed by atoms with Gasteiger partial charge in [0.2, 0.25) is 0 Å². The molecule has 0 aliphatic carbocycles. The second-order valence-electron chi connectivity index (χ2n) is 7.32. The first-order valence-electron chi connectivity index (χ1n) is 9.22. The van der Waals surface area contributed by atoms with Crippen molar-refractivity contribution in [1.82, 2.24) is 15.0 Å². The summed E-state index contributed by atoms with van der Waals surface area (Å²) in [5.41, 5.74) is 7.09. The number of aromatic amines is 3. The summed E-state index contributed by atoms with van der Waals surface area (Å²) >= 11 is 0. The fourth-order valence-electron chi connectivity index (χ4n) is 4.66. The number of H-pyrrole nitrogens is 3. The Labute approximate surface area is 153 Å². The zero-order valence-corrected chi connectivity index (χ0v) is 14.4. The van der Waals surface area contributed by atoms with Crippen LogP contribution in [-0.4, -0.2) is 15.0 Å². The number of para-hydroxylation sites is 2. The van der Waals surface area contributed by atoms with Gasteiger partial charge in [0.25, 0.3) is 0 Å². The lowest BCUT2D eigenvalue weighted by atomic mass is 10.1. The molecule has 7 aromatic rings. The molecule has 0 aliphatic heterocycles. The van der Waals surface area contributed by atoms with E-state index in [1.54, 1.807) is 0 Å². The largest absolute Gasteiger partial charge is 0.354 e. The van der Waals surface area contributed by atoms with Crippen LogP contribution in [0.2, 0.25) is 0 Å². The topological polar surface area (TPSA) is 47.4 Å².